The van der Waals surface area contributed by atoms with Crippen molar-refractivity contribution in [3.05, 3.63) is 29.6 Å². The minimum atomic E-state index is -1.11. The highest BCUT2D eigenvalue weighted by molar-refractivity contribution is 5.72. The molecule has 1 aromatic carbocycles. The Balaban J connectivity index is 1.97. The second kappa shape index (κ2) is 7.93. The molecule has 1 aliphatic rings. The lowest BCUT2D eigenvalue weighted by Crippen LogP contribution is -2.41. The molecule has 26 heavy (non-hydrogen) atoms. The molecule has 1 aliphatic heterocycles. The summed E-state index contributed by atoms with van der Waals surface area (Å²) >= 11 is 0. The van der Waals surface area contributed by atoms with Crippen LogP contribution >= 0.6 is 0 Å². The number of hydrogen-bond acceptors (Lipinski definition) is 4. The van der Waals surface area contributed by atoms with E-state index in [-0.39, 0.29) is 17.8 Å². The standard InChI is InChI=1S/C19H26FNO5/c1-12(17(22)23)25-14-5-6-15(16(20)11-14)13-7-9-21(10-8-13)18(24)26-19(2,3)4/h5-6,11-13H,7-10H2,1-4H3,(H,22,23). The van der Waals surface area contributed by atoms with E-state index < -0.39 is 23.5 Å². The Morgan fingerprint density at radius 2 is 1.88 bits per heavy atom. The highest BCUT2D eigenvalue weighted by atomic mass is 19.1. The first-order chi connectivity index (χ1) is 12.1. The monoisotopic (exact) mass is 367 g/mol. The van der Waals surface area contributed by atoms with Crippen LogP contribution in [-0.4, -0.2) is 46.9 Å². The van der Waals surface area contributed by atoms with Crippen molar-refractivity contribution in [2.75, 3.05) is 13.1 Å². The van der Waals surface area contributed by atoms with E-state index in [9.17, 15) is 14.0 Å². The number of carbonyl (C=O) groups excluding carboxylic acids is 1. The third kappa shape index (κ3) is 5.34. The molecule has 0 bridgehead atoms. The van der Waals surface area contributed by atoms with Gasteiger partial charge < -0.3 is 19.5 Å². The molecule has 2 rings (SSSR count). The molecule has 0 aromatic heterocycles. The number of nitrogens with zero attached hydrogens (tertiary/aromatic N) is 1. The van der Waals surface area contributed by atoms with Gasteiger partial charge in [-0.25, -0.2) is 14.0 Å². The van der Waals surface area contributed by atoms with Gasteiger partial charge in [0.2, 0.25) is 0 Å². The fraction of sp³-hybridized carbons (Fsp3) is 0.579. The van der Waals surface area contributed by atoms with E-state index in [1.165, 1.54) is 13.0 Å². The second-order valence-electron chi connectivity index (χ2n) is 7.52. The Morgan fingerprint density at radius 1 is 1.27 bits per heavy atom. The molecule has 0 saturated carbocycles. The number of piperidine rings is 1. The summed E-state index contributed by atoms with van der Waals surface area (Å²) in [6, 6.07) is 4.43. The Labute approximate surface area is 152 Å². The zero-order valence-electron chi connectivity index (χ0n) is 15.6. The van der Waals surface area contributed by atoms with Crippen molar-refractivity contribution < 1.29 is 28.6 Å². The fourth-order valence-corrected chi connectivity index (χ4v) is 2.87. The maximum Gasteiger partial charge on any atom is 0.410 e. The van der Waals surface area contributed by atoms with Crippen LogP contribution in [0.1, 0.15) is 52.0 Å². The molecule has 1 unspecified atom stereocenters. The first-order valence-corrected chi connectivity index (χ1v) is 8.73. The first-order valence-electron chi connectivity index (χ1n) is 8.73. The van der Waals surface area contributed by atoms with E-state index in [2.05, 4.69) is 0 Å². The first kappa shape index (κ1) is 20.0. The number of carboxylic acid groups (broad SMARTS) is 1. The molecule has 7 heteroatoms. The molecular formula is C19H26FNO5. The highest BCUT2D eigenvalue weighted by Gasteiger charge is 2.28. The van der Waals surface area contributed by atoms with E-state index in [4.69, 9.17) is 14.6 Å². The van der Waals surface area contributed by atoms with Gasteiger partial charge in [0.15, 0.2) is 6.10 Å². The molecule has 1 N–H and O–H groups in total. The molecule has 0 aliphatic carbocycles. The maximum atomic E-state index is 14.4. The van der Waals surface area contributed by atoms with Crippen LogP contribution in [0.3, 0.4) is 0 Å². The fourth-order valence-electron chi connectivity index (χ4n) is 2.87. The van der Waals surface area contributed by atoms with Crippen LogP contribution in [0.4, 0.5) is 9.18 Å². The Kier molecular flexibility index (Phi) is 6.10. The largest absolute Gasteiger partial charge is 0.479 e. The average molecular weight is 367 g/mol. The normalized spacial score (nSPS) is 16.9. The van der Waals surface area contributed by atoms with Gasteiger partial charge in [0.1, 0.15) is 17.2 Å². The van der Waals surface area contributed by atoms with Crippen molar-refractivity contribution in [1.29, 1.82) is 0 Å². The van der Waals surface area contributed by atoms with Crippen LogP contribution in [0.25, 0.3) is 0 Å². The molecular weight excluding hydrogens is 341 g/mol. The number of aliphatic carboxylic acids is 1. The quantitative estimate of drug-likeness (QED) is 0.876. The van der Waals surface area contributed by atoms with E-state index in [1.807, 2.05) is 20.8 Å². The van der Waals surface area contributed by atoms with Gasteiger partial charge in [-0.05, 0) is 58.1 Å². The zero-order valence-corrected chi connectivity index (χ0v) is 15.6. The third-order valence-electron chi connectivity index (χ3n) is 4.22. The van der Waals surface area contributed by atoms with Gasteiger partial charge in [-0.2, -0.15) is 0 Å². The van der Waals surface area contributed by atoms with Crippen molar-refractivity contribution >= 4 is 12.1 Å². The number of amides is 1. The van der Waals surface area contributed by atoms with Crippen molar-refractivity contribution in [3.8, 4) is 5.75 Å². The number of halogens is 1. The van der Waals surface area contributed by atoms with Crippen LogP contribution in [0.2, 0.25) is 0 Å². The Hall–Kier alpha value is -2.31. The number of rotatable bonds is 4. The summed E-state index contributed by atoms with van der Waals surface area (Å²) in [6.45, 7) is 7.87. The lowest BCUT2D eigenvalue weighted by molar-refractivity contribution is -0.144. The van der Waals surface area contributed by atoms with Gasteiger partial charge in [0, 0.05) is 19.2 Å². The minimum absolute atomic E-state index is 0.000339. The van der Waals surface area contributed by atoms with Gasteiger partial charge >= 0.3 is 12.1 Å². The van der Waals surface area contributed by atoms with Gasteiger partial charge in [-0.1, -0.05) is 6.07 Å². The molecule has 0 spiro atoms. The number of benzene rings is 1. The van der Waals surface area contributed by atoms with Gasteiger partial charge in [0.25, 0.3) is 0 Å². The molecule has 0 radical (unpaired) electrons. The predicted octanol–water partition coefficient (Wildman–Crippen LogP) is 3.79. The van der Waals surface area contributed by atoms with Crippen molar-refractivity contribution in [1.82, 2.24) is 4.90 Å². The third-order valence-corrected chi connectivity index (χ3v) is 4.22. The van der Waals surface area contributed by atoms with Gasteiger partial charge in [0.05, 0.1) is 0 Å². The van der Waals surface area contributed by atoms with E-state index in [1.54, 1.807) is 17.0 Å². The summed E-state index contributed by atoms with van der Waals surface area (Å²) in [5.41, 5.74) is 0.0207. The Morgan fingerprint density at radius 3 is 2.38 bits per heavy atom. The van der Waals surface area contributed by atoms with Crippen molar-refractivity contribution in [2.24, 2.45) is 0 Å². The molecule has 144 valence electrons. The molecule has 1 fully saturated rings. The molecule has 1 aromatic rings. The number of hydrogen-bond donors (Lipinski definition) is 1. The van der Waals surface area contributed by atoms with Crippen LogP contribution in [0.5, 0.6) is 5.75 Å². The highest BCUT2D eigenvalue weighted by Crippen LogP contribution is 2.32. The van der Waals surface area contributed by atoms with Crippen LogP contribution < -0.4 is 4.74 Å². The summed E-state index contributed by atoms with van der Waals surface area (Å²) in [6.07, 6.45) is -0.107. The summed E-state index contributed by atoms with van der Waals surface area (Å²) in [5.74, 6) is -1.34. The molecule has 6 nitrogen and oxygen atoms in total. The summed E-state index contributed by atoms with van der Waals surface area (Å²) < 4.78 is 25.0. The molecule has 1 amide bonds. The van der Waals surface area contributed by atoms with Gasteiger partial charge in [-0.3, -0.25) is 0 Å². The SMILES string of the molecule is CC(Oc1ccc(C2CCN(C(=O)OC(C)(C)C)CC2)c(F)c1)C(=O)O. The van der Waals surface area contributed by atoms with Gasteiger partial charge in [-0.15, -0.1) is 0 Å². The van der Waals surface area contributed by atoms with E-state index >= 15 is 0 Å². The molecule has 1 saturated heterocycles. The van der Waals surface area contributed by atoms with Crippen molar-refractivity contribution in [2.45, 2.75) is 58.2 Å². The number of carbonyl (C=O) groups is 2. The number of likely N-dealkylation sites (tertiary alicyclic amines) is 1. The summed E-state index contributed by atoms with van der Waals surface area (Å²) in [4.78, 5) is 24.6. The summed E-state index contributed by atoms with van der Waals surface area (Å²) in [7, 11) is 0. The van der Waals surface area contributed by atoms with Crippen LogP contribution in [-0.2, 0) is 9.53 Å². The van der Waals surface area contributed by atoms with Crippen molar-refractivity contribution in [3.63, 3.8) is 0 Å². The smallest absolute Gasteiger partial charge is 0.410 e. The molecule has 1 atom stereocenters. The van der Waals surface area contributed by atoms with Crippen LogP contribution in [0, 0.1) is 5.82 Å². The van der Waals surface area contributed by atoms with E-state index in [0.717, 1.165) is 0 Å². The predicted molar refractivity (Wildman–Crippen MR) is 93.9 cm³/mol. The second-order valence-corrected chi connectivity index (χ2v) is 7.52. The minimum Gasteiger partial charge on any atom is -0.479 e. The zero-order chi connectivity index (χ0) is 19.5. The summed E-state index contributed by atoms with van der Waals surface area (Å²) in [5, 5.41) is 8.85. The molecule has 1 heterocycles. The lowest BCUT2D eigenvalue weighted by Gasteiger charge is -2.33. The van der Waals surface area contributed by atoms with E-state index in [0.29, 0.717) is 31.5 Å². The number of ether oxygens (including phenoxy) is 2. The topological polar surface area (TPSA) is 76.1 Å². The lowest BCUT2D eigenvalue weighted by atomic mass is 9.89. The number of carboxylic acids is 1. The Bertz CT molecular complexity index is 662. The maximum absolute atomic E-state index is 14.4. The average Bonchev–Trinajstić information content (AvgIpc) is 2.53. The van der Waals surface area contributed by atoms with Crippen LogP contribution in [0.15, 0.2) is 18.2 Å².